The molecule has 1 aromatic carbocycles. The Bertz CT molecular complexity index is 556. The number of hydrogen-bond donors (Lipinski definition) is 3. The molecule has 0 spiro atoms. The summed E-state index contributed by atoms with van der Waals surface area (Å²) in [6.45, 7) is 3.81. The first kappa shape index (κ1) is 17.2. The van der Waals surface area contributed by atoms with Crippen LogP contribution >= 0.6 is 0 Å². The molecular formula is C16H23N3O4. The Labute approximate surface area is 135 Å². The number of carbonyl (C=O) groups excluding carboxylic acids is 1. The van der Waals surface area contributed by atoms with Crippen molar-refractivity contribution in [2.75, 3.05) is 45.1 Å². The largest absolute Gasteiger partial charge is 0.508 e. The number of aromatic hydroxyl groups is 1. The fraction of sp³-hybridized carbons (Fsp3) is 0.500. The minimum Gasteiger partial charge on any atom is -0.508 e. The smallest absolute Gasteiger partial charge is 0.308 e. The van der Waals surface area contributed by atoms with Gasteiger partial charge in [-0.05, 0) is 19.2 Å². The number of hydrogen-bond acceptors (Lipinski definition) is 5. The number of nitrogens with zero attached hydrogens (tertiary/aromatic N) is 2. The molecule has 1 aliphatic rings. The van der Waals surface area contributed by atoms with E-state index in [9.17, 15) is 19.8 Å². The molecule has 0 aliphatic carbocycles. The predicted molar refractivity (Wildman–Crippen MR) is 86.4 cm³/mol. The fourth-order valence-corrected chi connectivity index (χ4v) is 2.59. The highest BCUT2D eigenvalue weighted by molar-refractivity contribution is 5.93. The summed E-state index contributed by atoms with van der Waals surface area (Å²) < 4.78 is 0. The maximum atomic E-state index is 12.0. The van der Waals surface area contributed by atoms with Crippen LogP contribution in [0.15, 0.2) is 24.3 Å². The van der Waals surface area contributed by atoms with E-state index in [1.807, 2.05) is 7.05 Å². The van der Waals surface area contributed by atoms with Crippen molar-refractivity contribution >= 4 is 17.6 Å². The molecule has 7 nitrogen and oxygen atoms in total. The van der Waals surface area contributed by atoms with E-state index in [2.05, 4.69) is 15.1 Å². The van der Waals surface area contributed by atoms with Crippen LogP contribution in [0.1, 0.15) is 6.42 Å². The summed E-state index contributed by atoms with van der Waals surface area (Å²) >= 11 is 0. The SMILES string of the molecule is CN1CCN(C[C@@H](CC(=O)Nc2cccc(O)c2)C(=O)O)CC1. The van der Waals surface area contributed by atoms with Crippen molar-refractivity contribution in [2.24, 2.45) is 5.92 Å². The molecule has 1 aromatic rings. The molecule has 0 aromatic heterocycles. The van der Waals surface area contributed by atoms with Gasteiger partial charge in [-0.3, -0.25) is 14.5 Å². The van der Waals surface area contributed by atoms with Gasteiger partial charge in [0.25, 0.3) is 0 Å². The van der Waals surface area contributed by atoms with Crippen molar-refractivity contribution in [3.05, 3.63) is 24.3 Å². The van der Waals surface area contributed by atoms with Gasteiger partial charge in [-0.1, -0.05) is 6.07 Å². The highest BCUT2D eigenvalue weighted by Gasteiger charge is 2.25. The minimum absolute atomic E-state index is 0.0509. The Morgan fingerprint density at radius 2 is 1.96 bits per heavy atom. The molecule has 23 heavy (non-hydrogen) atoms. The molecule has 1 heterocycles. The molecule has 0 bridgehead atoms. The third-order valence-electron chi connectivity index (χ3n) is 3.99. The van der Waals surface area contributed by atoms with Crippen LogP contribution in [-0.2, 0) is 9.59 Å². The Kier molecular flexibility index (Phi) is 5.95. The number of phenols is 1. The molecule has 126 valence electrons. The summed E-state index contributed by atoms with van der Waals surface area (Å²) in [7, 11) is 2.04. The average Bonchev–Trinajstić information content (AvgIpc) is 2.48. The van der Waals surface area contributed by atoms with E-state index in [0.717, 1.165) is 26.2 Å². The predicted octanol–water partition coefficient (Wildman–Crippen LogP) is 0.669. The average molecular weight is 321 g/mol. The number of phenolic OH excluding ortho intramolecular Hbond substituents is 1. The van der Waals surface area contributed by atoms with Crippen LogP contribution in [0.3, 0.4) is 0 Å². The molecule has 0 saturated carbocycles. The minimum atomic E-state index is -0.963. The van der Waals surface area contributed by atoms with Crippen LogP contribution in [0.25, 0.3) is 0 Å². The summed E-state index contributed by atoms with van der Waals surface area (Å²) in [5, 5.41) is 21.4. The van der Waals surface area contributed by atoms with Crippen molar-refractivity contribution in [1.29, 1.82) is 0 Å². The number of nitrogens with one attached hydrogen (secondary N) is 1. The quantitative estimate of drug-likeness (QED) is 0.713. The summed E-state index contributed by atoms with van der Waals surface area (Å²) in [5.74, 6) is -2.02. The molecule has 1 atom stereocenters. The van der Waals surface area contributed by atoms with E-state index in [1.165, 1.54) is 12.1 Å². The lowest BCUT2D eigenvalue weighted by Crippen LogP contribution is -2.47. The number of anilines is 1. The highest BCUT2D eigenvalue weighted by Crippen LogP contribution is 2.17. The lowest BCUT2D eigenvalue weighted by molar-refractivity contribution is -0.144. The molecule has 1 aliphatic heterocycles. The number of benzene rings is 1. The maximum absolute atomic E-state index is 12.0. The van der Waals surface area contributed by atoms with Gasteiger partial charge in [-0.25, -0.2) is 0 Å². The second-order valence-electron chi connectivity index (χ2n) is 5.94. The van der Waals surface area contributed by atoms with E-state index < -0.39 is 11.9 Å². The molecule has 1 fully saturated rings. The van der Waals surface area contributed by atoms with Gasteiger partial charge in [-0.2, -0.15) is 0 Å². The zero-order valence-electron chi connectivity index (χ0n) is 13.2. The van der Waals surface area contributed by atoms with E-state index >= 15 is 0 Å². The molecule has 0 radical (unpaired) electrons. The fourth-order valence-electron chi connectivity index (χ4n) is 2.59. The van der Waals surface area contributed by atoms with Gasteiger partial charge in [0.15, 0.2) is 0 Å². The Balaban J connectivity index is 1.88. The van der Waals surface area contributed by atoms with Gasteiger partial charge in [0, 0.05) is 50.9 Å². The van der Waals surface area contributed by atoms with Crippen molar-refractivity contribution < 1.29 is 19.8 Å². The zero-order valence-corrected chi connectivity index (χ0v) is 13.2. The third kappa shape index (κ3) is 5.54. The summed E-state index contributed by atoms with van der Waals surface area (Å²) in [4.78, 5) is 27.8. The first-order valence-corrected chi connectivity index (χ1v) is 7.66. The standard InChI is InChI=1S/C16H23N3O4/c1-18-5-7-19(8-6-18)11-12(16(22)23)9-15(21)17-13-3-2-4-14(20)10-13/h2-4,10,12,20H,5-9,11H2,1H3,(H,17,21)(H,22,23)/t12-/m1/s1. The highest BCUT2D eigenvalue weighted by atomic mass is 16.4. The number of aliphatic carboxylic acids is 1. The Hall–Kier alpha value is -2.12. The van der Waals surface area contributed by atoms with E-state index in [-0.39, 0.29) is 18.1 Å². The van der Waals surface area contributed by atoms with Crippen molar-refractivity contribution in [2.45, 2.75) is 6.42 Å². The van der Waals surface area contributed by atoms with E-state index in [4.69, 9.17) is 0 Å². The number of carboxylic acids is 1. The summed E-state index contributed by atoms with van der Waals surface area (Å²) in [5.41, 5.74) is 0.457. The lowest BCUT2D eigenvalue weighted by Gasteiger charge is -2.33. The monoisotopic (exact) mass is 321 g/mol. The summed E-state index contributed by atoms with van der Waals surface area (Å²) in [6.07, 6.45) is -0.0860. The number of piperazine rings is 1. The van der Waals surface area contributed by atoms with Crippen molar-refractivity contribution in [3.63, 3.8) is 0 Å². The van der Waals surface area contributed by atoms with Gasteiger partial charge in [0.2, 0.25) is 5.91 Å². The van der Waals surface area contributed by atoms with Crippen LogP contribution < -0.4 is 5.32 Å². The molecule has 3 N–H and O–H groups in total. The molecule has 7 heteroatoms. The van der Waals surface area contributed by atoms with Crippen molar-refractivity contribution in [1.82, 2.24) is 9.80 Å². The Morgan fingerprint density at radius 1 is 1.26 bits per heavy atom. The van der Waals surface area contributed by atoms with Crippen LogP contribution in [0, 0.1) is 5.92 Å². The van der Waals surface area contributed by atoms with Gasteiger partial charge in [0.1, 0.15) is 5.75 Å². The molecule has 1 saturated heterocycles. The topological polar surface area (TPSA) is 93.1 Å². The number of likely N-dealkylation sites (N-methyl/N-ethyl adjacent to an activating group) is 1. The summed E-state index contributed by atoms with van der Waals surface area (Å²) in [6, 6.07) is 6.19. The van der Waals surface area contributed by atoms with Gasteiger partial charge in [0.05, 0.1) is 5.92 Å². The van der Waals surface area contributed by atoms with E-state index in [1.54, 1.807) is 12.1 Å². The van der Waals surface area contributed by atoms with Gasteiger partial charge >= 0.3 is 5.97 Å². The molecular weight excluding hydrogens is 298 g/mol. The van der Waals surface area contributed by atoms with Crippen LogP contribution in [-0.4, -0.2) is 71.7 Å². The Morgan fingerprint density at radius 3 is 2.57 bits per heavy atom. The number of amides is 1. The second-order valence-corrected chi connectivity index (χ2v) is 5.94. The maximum Gasteiger partial charge on any atom is 0.308 e. The second kappa shape index (κ2) is 7.94. The molecule has 1 amide bonds. The number of rotatable bonds is 6. The molecule has 0 unspecified atom stereocenters. The first-order valence-electron chi connectivity index (χ1n) is 7.66. The van der Waals surface area contributed by atoms with Crippen molar-refractivity contribution in [3.8, 4) is 5.75 Å². The van der Waals surface area contributed by atoms with Crippen LogP contribution in [0.2, 0.25) is 0 Å². The third-order valence-corrected chi connectivity index (χ3v) is 3.99. The first-order chi connectivity index (χ1) is 10.9. The normalized spacial score (nSPS) is 17.6. The number of carbonyl (C=O) groups is 2. The van der Waals surface area contributed by atoms with Gasteiger partial charge in [-0.15, -0.1) is 0 Å². The van der Waals surface area contributed by atoms with Crippen LogP contribution in [0.4, 0.5) is 5.69 Å². The van der Waals surface area contributed by atoms with Crippen LogP contribution in [0.5, 0.6) is 5.75 Å². The van der Waals surface area contributed by atoms with Gasteiger partial charge < -0.3 is 20.4 Å². The molecule has 2 rings (SSSR count). The zero-order chi connectivity index (χ0) is 16.8. The lowest BCUT2D eigenvalue weighted by atomic mass is 10.0. The van der Waals surface area contributed by atoms with E-state index in [0.29, 0.717) is 12.2 Å². The number of carboxylic acid groups (broad SMARTS) is 1.